The van der Waals surface area contributed by atoms with Crippen molar-refractivity contribution in [3.63, 3.8) is 0 Å². The molecule has 2 unspecified atom stereocenters. The molecule has 7 rings (SSSR count). The van der Waals surface area contributed by atoms with Crippen LogP contribution >= 0.6 is 0 Å². The largest absolute Gasteiger partial charge is 0.351 e. The number of nitrogens with one attached hydrogen (secondary N) is 1. The zero-order valence-corrected chi connectivity index (χ0v) is 16.7. The minimum absolute atomic E-state index is 0.0950. The van der Waals surface area contributed by atoms with Crippen molar-refractivity contribution in [1.82, 2.24) is 24.8 Å². The first-order chi connectivity index (χ1) is 15.2. The summed E-state index contributed by atoms with van der Waals surface area (Å²) < 4.78 is 30.4. The second-order valence-corrected chi connectivity index (χ2v) is 8.10. The van der Waals surface area contributed by atoms with Crippen LogP contribution in [0.4, 0.5) is 14.6 Å². The van der Waals surface area contributed by atoms with Crippen LogP contribution in [0.25, 0.3) is 28.2 Å². The summed E-state index contributed by atoms with van der Waals surface area (Å²) in [6.45, 7) is 1.87. The molecule has 4 aromatic rings. The maximum absolute atomic E-state index is 14.7. The molecule has 156 valence electrons. The molecule has 3 aromatic heterocycles. The molecule has 0 aliphatic carbocycles. The summed E-state index contributed by atoms with van der Waals surface area (Å²) in [7, 11) is 0. The van der Waals surface area contributed by atoms with Crippen molar-refractivity contribution in [1.29, 1.82) is 0 Å². The fourth-order valence-electron chi connectivity index (χ4n) is 4.68. The van der Waals surface area contributed by atoms with Crippen molar-refractivity contribution >= 4 is 17.0 Å². The topological polar surface area (TPSA) is 58.9 Å². The van der Waals surface area contributed by atoms with E-state index in [1.54, 1.807) is 17.0 Å². The van der Waals surface area contributed by atoms with Gasteiger partial charge in [-0.2, -0.15) is 0 Å². The standard InChI is InChI=1S/C23H20F2N6/c24-14-1-4-19(25)18(11-14)22-28-20-5-6-21(30-13-15-2-3-17(30)12-27-15)29-23(20)31(22)16-7-9-26-10-8-16/h1,4-11,15,17,27H,2-3,12-13H2. The number of pyridine rings is 2. The van der Waals surface area contributed by atoms with E-state index < -0.39 is 11.6 Å². The molecule has 0 spiro atoms. The van der Waals surface area contributed by atoms with E-state index in [1.807, 2.05) is 24.3 Å². The van der Waals surface area contributed by atoms with Crippen molar-refractivity contribution < 1.29 is 8.78 Å². The summed E-state index contributed by atoms with van der Waals surface area (Å²) in [6, 6.07) is 11.8. The van der Waals surface area contributed by atoms with Gasteiger partial charge in [0.2, 0.25) is 0 Å². The van der Waals surface area contributed by atoms with Crippen LogP contribution in [0.3, 0.4) is 0 Å². The number of benzene rings is 1. The summed E-state index contributed by atoms with van der Waals surface area (Å²) in [6.07, 6.45) is 5.64. The van der Waals surface area contributed by atoms with E-state index in [-0.39, 0.29) is 5.56 Å². The van der Waals surface area contributed by atoms with Gasteiger partial charge in [0.05, 0.1) is 11.3 Å². The number of hydrogen-bond donors (Lipinski definition) is 1. The van der Waals surface area contributed by atoms with Crippen LogP contribution in [-0.4, -0.2) is 44.7 Å². The first-order valence-corrected chi connectivity index (χ1v) is 10.4. The number of nitrogens with zero attached hydrogens (tertiary/aromatic N) is 5. The van der Waals surface area contributed by atoms with Crippen molar-refractivity contribution in [2.24, 2.45) is 0 Å². The Morgan fingerprint density at radius 3 is 2.58 bits per heavy atom. The highest BCUT2D eigenvalue weighted by molar-refractivity contribution is 5.81. The zero-order valence-electron chi connectivity index (χ0n) is 16.7. The van der Waals surface area contributed by atoms with Gasteiger partial charge in [0.1, 0.15) is 28.8 Å². The molecule has 31 heavy (non-hydrogen) atoms. The lowest BCUT2D eigenvalue weighted by Gasteiger charge is -2.46. The summed E-state index contributed by atoms with van der Waals surface area (Å²) in [5.74, 6) is 0.136. The number of aromatic nitrogens is 4. The Hall–Kier alpha value is -3.39. The Balaban J connectivity index is 1.57. The Morgan fingerprint density at radius 1 is 0.968 bits per heavy atom. The molecule has 3 aliphatic heterocycles. The lowest BCUT2D eigenvalue weighted by Crippen LogP contribution is -2.61. The first-order valence-electron chi connectivity index (χ1n) is 10.4. The highest BCUT2D eigenvalue weighted by Crippen LogP contribution is 2.33. The third kappa shape index (κ3) is 3.06. The molecule has 3 aliphatic rings. The molecular weight excluding hydrogens is 398 g/mol. The second-order valence-electron chi connectivity index (χ2n) is 8.10. The number of fused-ring (bicyclic) bond motifs is 4. The number of rotatable bonds is 3. The number of piperazine rings is 1. The van der Waals surface area contributed by atoms with Gasteiger partial charge in [-0.15, -0.1) is 0 Å². The third-order valence-corrected chi connectivity index (χ3v) is 6.22. The van der Waals surface area contributed by atoms with E-state index in [0.717, 1.165) is 43.1 Å². The van der Waals surface area contributed by atoms with Gasteiger partial charge in [0.15, 0.2) is 5.65 Å². The fraction of sp³-hybridized carbons (Fsp3) is 0.261. The van der Waals surface area contributed by atoms with Crippen molar-refractivity contribution in [3.8, 4) is 17.1 Å². The summed E-state index contributed by atoms with van der Waals surface area (Å²) in [5, 5.41) is 3.56. The van der Waals surface area contributed by atoms with Gasteiger partial charge in [-0.3, -0.25) is 9.55 Å². The van der Waals surface area contributed by atoms with Crippen LogP contribution in [0.2, 0.25) is 0 Å². The molecule has 3 fully saturated rings. The molecule has 1 N–H and O–H groups in total. The molecule has 6 nitrogen and oxygen atoms in total. The molecule has 2 atom stereocenters. The minimum atomic E-state index is -0.536. The monoisotopic (exact) mass is 418 g/mol. The SMILES string of the molecule is Fc1ccc(F)c(-c2nc3ccc(N4CC5CCC4CN5)nc3n2-c2ccncc2)c1. The maximum atomic E-state index is 14.7. The lowest BCUT2D eigenvalue weighted by molar-refractivity contribution is 0.289. The van der Waals surface area contributed by atoms with Crippen LogP contribution in [0.5, 0.6) is 0 Å². The first kappa shape index (κ1) is 18.4. The summed E-state index contributed by atoms with van der Waals surface area (Å²) >= 11 is 0. The Labute approximate surface area is 177 Å². The molecule has 3 saturated heterocycles. The predicted octanol–water partition coefficient (Wildman–Crippen LogP) is 3.70. The zero-order chi connectivity index (χ0) is 20.9. The van der Waals surface area contributed by atoms with Crippen molar-refractivity contribution in [2.45, 2.75) is 24.9 Å². The molecule has 8 heteroatoms. The molecule has 0 saturated carbocycles. The Morgan fingerprint density at radius 2 is 1.84 bits per heavy atom. The Bertz CT molecular complexity index is 1260. The second kappa shape index (κ2) is 7.09. The summed E-state index contributed by atoms with van der Waals surface area (Å²) in [5.41, 5.74) is 2.07. The number of hydrogen-bond acceptors (Lipinski definition) is 5. The third-order valence-electron chi connectivity index (χ3n) is 6.22. The van der Waals surface area contributed by atoms with Crippen LogP contribution < -0.4 is 10.2 Å². The van der Waals surface area contributed by atoms with Gasteiger partial charge < -0.3 is 10.2 Å². The lowest BCUT2D eigenvalue weighted by atomic mass is 9.93. The van der Waals surface area contributed by atoms with E-state index in [4.69, 9.17) is 4.98 Å². The highest BCUT2D eigenvalue weighted by atomic mass is 19.1. The van der Waals surface area contributed by atoms with E-state index in [2.05, 4.69) is 20.2 Å². The molecule has 0 radical (unpaired) electrons. The molecular formula is C23H20F2N6. The van der Waals surface area contributed by atoms with Gasteiger partial charge in [-0.25, -0.2) is 18.7 Å². The van der Waals surface area contributed by atoms with Gasteiger partial charge in [0.25, 0.3) is 0 Å². The molecule has 0 amide bonds. The molecule has 1 aromatic carbocycles. The van der Waals surface area contributed by atoms with Crippen LogP contribution in [0, 0.1) is 11.6 Å². The van der Waals surface area contributed by atoms with Gasteiger partial charge in [-0.05, 0) is 55.3 Å². The van der Waals surface area contributed by atoms with Crippen LogP contribution in [0.1, 0.15) is 12.8 Å². The number of halogens is 2. The van der Waals surface area contributed by atoms with E-state index in [9.17, 15) is 8.78 Å². The molecule has 2 bridgehead atoms. The highest BCUT2D eigenvalue weighted by Gasteiger charge is 2.34. The van der Waals surface area contributed by atoms with Gasteiger partial charge >= 0.3 is 0 Å². The van der Waals surface area contributed by atoms with Crippen LogP contribution in [-0.2, 0) is 0 Å². The average molecular weight is 418 g/mol. The minimum Gasteiger partial charge on any atom is -0.351 e. The van der Waals surface area contributed by atoms with E-state index in [1.165, 1.54) is 12.5 Å². The van der Waals surface area contributed by atoms with Crippen molar-refractivity contribution in [3.05, 3.63) is 66.5 Å². The number of piperidine rings is 2. The quantitative estimate of drug-likeness (QED) is 0.550. The maximum Gasteiger partial charge on any atom is 0.167 e. The van der Waals surface area contributed by atoms with E-state index >= 15 is 0 Å². The number of anilines is 1. The normalized spacial score (nSPS) is 20.5. The average Bonchev–Trinajstić information content (AvgIpc) is 3.20. The van der Waals surface area contributed by atoms with Gasteiger partial charge in [-0.1, -0.05) is 0 Å². The van der Waals surface area contributed by atoms with Crippen molar-refractivity contribution in [2.75, 3.05) is 18.0 Å². The smallest absolute Gasteiger partial charge is 0.167 e. The molecule has 6 heterocycles. The summed E-state index contributed by atoms with van der Waals surface area (Å²) in [4.78, 5) is 16.0. The van der Waals surface area contributed by atoms with Crippen LogP contribution in [0.15, 0.2) is 54.9 Å². The van der Waals surface area contributed by atoms with Gasteiger partial charge in [0, 0.05) is 37.6 Å². The fourth-order valence-corrected chi connectivity index (χ4v) is 4.68. The number of imidazole rings is 1. The van der Waals surface area contributed by atoms with E-state index in [0.29, 0.717) is 29.1 Å². The predicted molar refractivity (Wildman–Crippen MR) is 114 cm³/mol. The Kier molecular flexibility index (Phi) is 4.21.